The number of nitrogens with zero attached hydrogens (tertiary/aromatic N) is 3. The van der Waals surface area contributed by atoms with Crippen molar-refractivity contribution in [2.24, 2.45) is 0 Å². The van der Waals surface area contributed by atoms with Crippen LogP contribution in [0.4, 0.5) is 5.69 Å². The summed E-state index contributed by atoms with van der Waals surface area (Å²) in [6.07, 6.45) is 3.23. The molecule has 1 saturated heterocycles. The zero-order valence-electron chi connectivity index (χ0n) is 17.5. The van der Waals surface area contributed by atoms with Gasteiger partial charge in [0, 0.05) is 50.7 Å². The lowest BCUT2D eigenvalue weighted by Crippen LogP contribution is -2.46. The fraction of sp³-hybridized carbons (Fsp3) is 0.524. The molecule has 0 unspecified atom stereocenters. The first-order chi connectivity index (χ1) is 14.8. The number of carbonyl (C=O) groups is 4. The van der Waals surface area contributed by atoms with Gasteiger partial charge in [-0.25, -0.2) is 0 Å². The summed E-state index contributed by atoms with van der Waals surface area (Å²) in [5.41, 5.74) is -0.0824. The van der Waals surface area contributed by atoms with E-state index in [9.17, 15) is 29.3 Å². The third-order valence-electron chi connectivity index (χ3n) is 5.63. The van der Waals surface area contributed by atoms with E-state index in [0.29, 0.717) is 38.8 Å². The summed E-state index contributed by atoms with van der Waals surface area (Å²) in [6.45, 7) is 3.30. The lowest BCUT2D eigenvalue weighted by atomic mass is 10.0. The molecule has 0 aromatic heterocycles. The summed E-state index contributed by atoms with van der Waals surface area (Å²) < 4.78 is 0. The third-order valence-corrected chi connectivity index (χ3v) is 5.63. The Bertz CT molecular complexity index is 907. The van der Waals surface area contributed by atoms with Crippen LogP contribution in [0.2, 0.25) is 0 Å². The topological polar surface area (TPSA) is 130 Å². The molecule has 1 aromatic rings. The van der Waals surface area contributed by atoms with E-state index >= 15 is 0 Å². The first-order valence-corrected chi connectivity index (χ1v) is 10.5. The second-order valence-corrected chi connectivity index (χ2v) is 7.83. The summed E-state index contributed by atoms with van der Waals surface area (Å²) in [5.74, 6) is -1.09. The fourth-order valence-corrected chi connectivity index (χ4v) is 3.94. The molecular weight excluding hydrogens is 404 g/mol. The number of imide groups is 1. The average molecular weight is 430 g/mol. The molecule has 2 aliphatic rings. The van der Waals surface area contributed by atoms with Crippen LogP contribution in [0.3, 0.4) is 0 Å². The zero-order chi connectivity index (χ0) is 22.5. The molecule has 0 aliphatic carbocycles. The Hall–Kier alpha value is -3.30. The summed E-state index contributed by atoms with van der Waals surface area (Å²) in [4.78, 5) is 62.2. The van der Waals surface area contributed by atoms with Crippen molar-refractivity contribution in [2.75, 3.05) is 19.6 Å². The second kappa shape index (κ2) is 9.67. The van der Waals surface area contributed by atoms with E-state index < -0.39 is 16.7 Å². The number of non-ortho nitro benzene ring substituents is 1. The Morgan fingerprint density at radius 2 is 1.81 bits per heavy atom. The number of carbonyl (C=O) groups excluding carboxylic acids is 4. The molecule has 1 fully saturated rings. The van der Waals surface area contributed by atoms with E-state index in [4.69, 9.17) is 0 Å². The van der Waals surface area contributed by atoms with Gasteiger partial charge < -0.3 is 10.2 Å². The van der Waals surface area contributed by atoms with Gasteiger partial charge in [-0.05, 0) is 31.7 Å². The lowest BCUT2D eigenvalue weighted by molar-refractivity contribution is -0.384. The number of rotatable bonds is 8. The minimum Gasteiger partial charge on any atom is -0.353 e. The molecule has 10 nitrogen and oxygen atoms in total. The Labute approximate surface area is 179 Å². The summed E-state index contributed by atoms with van der Waals surface area (Å²) in [5, 5.41) is 13.8. The molecule has 3 rings (SSSR count). The van der Waals surface area contributed by atoms with Crippen LogP contribution >= 0.6 is 0 Å². The molecule has 0 spiro atoms. The maximum Gasteiger partial charge on any atom is 0.270 e. The van der Waals surface area contributed by atoms with Crippen LogP contribution in [-0.2, 0) is 9.59 Å². The van der Waals surface area contributed by atoms with Gasteiger partial charge >= 0.3 is 0 Å². The number of fused-ring (bicyclic) bond motifs is 1. The van der Waals surface area contributed by atoms with E-state index in [1.807, 2.05) is 11.8 Å². The first-order valence-electron chi connectivity index (χ1n) is 10.5. The Morgan fingerprint density at radius 1 is 1.13 bits per heavy atom. The second-order valence-electron chi connectivity index (χ2n) is 7.83. The third kappa shape index (κ3) is 5.07. The monoisotopic (exact) mass is 430 g/mol. The molecule has 1 N–H and O–H groups in total. The number of amides is 4. The van der Waals surface area contributed by atoms with Gasteiger partial charge in [-0.15, -0.1) is 0 Å². The van der Waals surface area contributed by atoms with Gasteiger partial charge in [-0.2, -0.15) is 0 Å². The van der Waals surface area contributed by atoms with Crippen LogP contribution in [0.15, 0.2) is 18.2 Å². The number of nitrogens with one attached hydrogen (secondary N) is 1. The van der Waals surface area contributed by atoms with Crippen molar-refractivity contribution in [3.05, 3.63) is 39.4 Å². The normalized spacial score (nSPS) is 16.4. The smallest absolute Gasteiger partial charge is 0.270 e. The van der Waals surface area contributed by atoms with Gasteiger partial charge in [-0.1, -0.05) is 6.92 Å². The van der Waals surface area contributed by atoms with Crippen LogP contribution in [0.25, 0.3) is 0 Å². The lowest BCUT2D eigenvalue weighted by Gasteiger charge is -2.32. The minimum atomic E-state index is -0.616. The average Bonchev–Trinajstić information content (AvgIpc) is 2.98. The van der Waals surface area contributed by atoms with Crippen molar-refractivity contribution in [1.82, 2.24) is 15.1 Å². The van der Waals surface area contributed by atoms with Gasteiger partial charge in [0.2, 0.25) is 11.8 Å². The van der Waals surface area contributed by atoms with Gasteiger partial charge in [0.15, 0.2) is 0 Å². The number of likely N-dealkylation sites (tertiary alicyclic amines) is 1. The molecule has 0 bridgehead atoms. The molecule has 0 saturated carbocycles. The molecule has 31 heavy (non-hydrogen) atoms. The molecule has 4 amide bonds. The number of piperidine rings is 1. The van der Waals surface area contributed by atoms with Crippen LogP contribution < -0.4 is 5.32 Å². The van der Waals surface area contributed by atoms with E-state index in [2.05, 4.69) is 5.32 Å². The molecule has 0 atom stereocenters. The fourth-order valence-electron chi connectivity index (χ4n) is 3.94. The van der Waals surface area contributed by atoms with Gasteiger partial charge in [-0.3, -0.25) is 34.2 Å². The highest BCUT2D eigenvalue weighted by atomic mass is 16.6. The van der Waals surface area contributed by atoms with Crippen molar-refractivity contribution >= 4 is 29.3 Å². The van der Waals surface area contributed by atoms with E-state index in [1.165, 1.54) is 12.1 Å². The van der Waals surface area contributed by atoms with Crippen molar-refractivity contribution in [3.63, 3.8) is 0 Å². The highest BCUT2D eigenvalue weighted by molar-refractivity contribution is 6.21. The minimum absolute atomic E-state index is 0.0121. The predicted octanol–water partition coefficient (Wildman–Crippen LogP) is 1.88. The molecule has 2 aliphatic heterocycles. The van der Waals surface area contributed by atoms with Gasteiger partial charge in [0.05, 0.1) is 16.1 Å². The van der Waals surface area contributed by atoms with E-state index in [0.717, 1.165) is 17.4 Å². The molecule has 1 aromatic carbocycles. The largest absolute Gasteiger partial charge is 0.353 e. The Kier molecular flexibility index (Phi) is 6.98. The zero-order valence-corrected chi connectivity index (χ0v) is 17.5. The van der Waals surface area contributed by atoms with Crippen molar-refractivity contribution in [1.29, 1.82) is 0 Å². The SMILES string of the molecule is CCCC(=O)N1CCC(NC(=O)CCCN2C(=O)c3ccc([N+](=O)[O-])cc3C2=O)CC1. The highest BCUT2D eigenvalue weighted by Crippen LogP contribution is 2.27. The summed E-state index contributed by atoms with van der Waals surface area (Å²) in [6, 6.07) is 3.61. The number of benzene rings is 1. The predicted molar refractivity (Wildman–Crippen MR) is 110 cm³/mol. The van der Waals surface area contributed by atoms with E-state index in [-0.39, 0.29) is 47.6 Å². The molecule has 0 radical (unpaired) electrons. The maximum atomic E-state index is 12.5. The van der Waals surface area contributed by atoms with Crippen LogP contribution in [-0.4, -0.2) is 64.0 Å². The Morgan fingerprint density at radius 3 is 2.45 bits per heavy atom. The molecular formula is C21H26N4O6. The molecule has 166 valence electrons. The maximum absolute atomic E-state index is 12.5. The van der Waals surface area contributed by atoms with Crippen molar-refractivity contribution in [3.8, 4) is 0 Å². The first kappa shape index (κ1) is 22.4. The summed E-state index contributed by atoms with van der Waals surface area (Å²) >= 11 is 0. The van der Waals surface area contributed by atoms with Crippen molar-refractivity contribution < 1.29 is 24.1 Å². The standard InChI is InChI=1S/C21H26N4O6/c1-2-4-19(27)23-11-8-14(9-12-23)22-18(26)5-3-10-24-20(28)16-7-6-15(25(30)31)13-17(16)21(24)29/h6-7,13-14H,2-5,8-12H2,1H3,(H,22,26). The molecule has 2 heterocycles. The van der Waals surface area contributed by atoms with Crippen molar-refractivity contribution in [2.45, 2.75) is 51.5 Å². The van der Waals surface area contributed by atoms with Crippen LogP contribution in [0, 0.1) is 10.1 Å². The summed E-state index contributed by atoms with van der Waals surface area (Å²) in [7, 11) is 0. The number of hydrogen-bond donors (Lipinski definition) is 1. The highest BCUT2D eigenvalue weighted by Gasteiger charge is 2.36. The van der Waals surface area contributed by atoms with Gasteiger partial charge in [0.1, 0.15) is 0 Å². The number of hydrogen-bond acceptors (Lipinski definition) is 6. The van der Waals surface area contributed by atoms with Crippen LogP contribution in [0.1, 0.15) is 66.2 Å². The van der Waals surface area contributed by atoms with Crippen LogP contribution in [0.5, 0.6) is 0 Å². The quantitative estimate of drug-likeness (QED) is 0.381. The number of nitro groups is 1. The molecule has 10 heteroatoms. The van der Waals surface area contributed by atoms with E-state index in [1.54, 1.807) is 0 Å². The van der Waals surface area contributed by atoms with Gasteiger partial charge in [0.25, 0.3) is 17.5 Å². The number of nitro benzene ring substituents is 1. The Balaban J connectivity index is 1.44.